The molecule has 0 bridgehead atoms. The molecule has 0 unspecified atom stereocenters. The van der Waals surface area contributed by atoms with Gasteiger partial charge in [0.15, 0.2) is 6.10 Å². The monoisotopic (exact) mass is 413 g/mol. The second-order valence-corrected chi connectivity index (χ2v) is 6.70. The number of aromatic carboxylic acids is 1. The van der Waals surface area contributed by atoms with Crippen LogP contribution in [-0.2, 0) is 4.74 Å². The van der Waals surface area contributed by atoms with Gasteiger partial charge in [0.05, 0.1) is 11.1 Å². The summed E-state index contributed by atoms with van der Waals surface area (Å²) in [6, 6.07) is 15.8. The number of esters is 1. The second-order valence-electron chi connectivity index (χ2n) is 6.70. The number of terminal acetylenes is 1. The van der Waals surface area contributed by atoms with E-state index in [0.29, 0.717) is 6.42 Å². The van der Waals surface area contributed by atoms with Gasteiger partial charge >= 0.3 is 11.9 Å². The number of halogens is 1. The van der Waals surface area contributed by atoms with Gasteiger partial charge < -0.3 is 15.6 Å². The molecule has 5 nitrogen and oxygen atoms in total. The Balaban J connectivity index is 0.000000414. The number of rotatable bonds is 8. The number of alkyl halides is 1. The Morgan fingerprint density at radius 2 is 1.70 bits per heavy atom. The average Bonchev–Trinajstić information content (AvgIpc) is 2.76. The molecule has 0 aliphatic rings. The van der Waals surface area contributed by atoms with Crippen molar-refractivity contribution >= 4 is 11.9 Å². The topological polar surface area (TPSA) is 89.6 Å². The highest BCUT2D eigenvalue weighted by Crippen LogP contribution is 2.16. The minimum atomic E-state index is -1.46. The lowest BCUT2D eigenvalue weighted by Gasteiger charge is -2.17. The average molecular weight is 413 g/mol. The Labute approximate surface area is 177 Å². The molecule has 0 fully saturated rings. The van der Waals surface area contributed by atoms with Gasteiger partial charge in [-0.05, 0) is 31.0 Å². The van der Waals surface area contributed by atoms with Crippen molar-refractivity contribution in [3.8, 4) is 12.3 Å². The van der Waals surface area contributed by atoms with Crippen LogP contribution in [0.1, 0.15) is 65.4 Å². The number of hydrogen-bond donors (Lipinski definition) is 2. The molecule has 2 rings (SSSR count). The largest absolute Gasteiger partial charge is 0.478 e. The Bertz CT molecular complexity index is 846. The van der Waals surface area contributed by atoms with Gasteiger partial charge in [-0.15, -0.1) is 6.42 Å². The van der Waals surface area contributed by atoms with Crippen LogP contribution in [0.3, 0.4) is 0 Å². The normalized spacial score (nSPS) is 13.0. The quantitative estimate of drug-likeness (QED) is 0.480. The number of unbranched alkanes of at least 4 members (excludes halogenated alkanes) is 1. The van der Waals surface area contributed by atoms with Gasteiger partial charge in [0, 0.05) is 6.04 Å². The number of carbonyl (C=O) groups excluding carboxylic acids is 1. The zero-order chi connectivity index (χ0) is 22.5. The molecule has 0 spiro atoms. The van der Waals surface area contributed by atoms with Crippen molar-refractivity contribution in [3.05, 3.63) is 71.3 Å². The van der Waals surface area contributed by atoms with Gasteiger partial charge in [-0.3, -0.25) is 0 Å². The van der Waals surface area contributed by atoms with Crippen LogP contribution < -0.4 is 5.73 Å². The molecule has 3 atom stereocenters. The summed E-state index contributed by atoms with van der Waals surface area (Å²) in [6.45, 7) is 3.89. The van der Waals surface area contributed by atoms with E-state index in [-0.39, 0.29) is 23.6 Å². The van der Waals surface area contributed by atoms with Gasteiger partial charge in [0.25, 0.3) is 0 Å². The van der Waals surface area contributed by atoms with Crippen molar-refractivity contribution in [2.75, 3.05) is 0 Å². The minimum absolute atomic E-state index is 0.145. The Hall–Kier alpha value is -3.17. The van der Waals surface area contributed by atoms with Crippen molar-refractivity contribution in [1.82, 2.24) is 0 Å². The smallest absolute Gasteiger partial charge is 0.340 e. The lowest BCUT2D eigenvalue weighted by molar-refractivity contribution is 0.0218. The maximum absolute atomic E-state index is 13.9. The number of carboxylic acid groups (broad SMARTS) is 1. The molecule has 0 amide bonds. The summed E-state index contributed by atoms with van der Waals surface area (Å²) in [6.07, 6.45) is 4.03. The number of ether oxygens (including phenoxy) is 1. The lowest BCUT2D eigenvalue weighted by atomic mass is 10.1. The fourth-order valence-corrected chi connectivity index (χ4v) is 2.55. The van der Waals surface area contributed by atoms with E-state index in [1.807, 2.05) is 44.2 Å². The van der Waals surface area contributed by atoms with Crippen molar-refractivity contribution in [1.29, 1.82) is 0 Å². The highest BCUT2D eigenvalue weighted by molar-refractivity contribution is 6.02. The van der Waals surface area contributed by atoms with Crippen molar-refractivity contribution < 1.29 is 23.8 Å². The zero-order valence-electron chi connectivity index (χ0n) is 17.3. The molecule has 2 aromatic rings. The first kappa shape index (κ1) is 24.9. The number of carboxylic acids is 1. The molecule has 0 aromatic heterocycles. The van der Waals surface area contributed by atoms with E-state index in [1.54, 1.807) is 0 Å². The van der Waals surface area contributed by atoms with E-state index in [2.05, 4.69) is 5.92 Å². The van der Waals surface area contributed by atoms with Crippen LogP contribution in [0.15, 0.2) is 54.6 Å². The molecule has 2 aromatic carbocycles. The number of hydrogen-bond acceptors (Lipinski definition) is 4. The van der Waals surface area contributed by atoms with Crippen LogP contribution in [0.25, 0.3) is 0 Å². The first-order chi connectivity index (χ1) is 14.3. The summed E-state index contributed by atoms with van der Waals surface area (Å²) in [5.41, 5.74) is 6.45. The first-order valence-corrected chi connectivity index (χ1v) is 9.75. The van der Waals surface area contributed by atoms with Gasteiger partial charge in [0.1, 0.15) is 6.17 Å². The predicted molar refractivity (Wildman–Crippen MR) is 115 cm³/mol. The van der Waals surface area contributed by atoms with E-state index in [4.69, 9.17) is 22.0 Å². The summed E-state index contributed by atoms with van der Waals surface area (Å²) < 4.78 is 18.8. The SMILES string of the molecule is C#C[C@H](OC(=O)c1ccccc1C(=O)O)[C@@H](F)CCCC.C[C@H](N)c1ccccc1. The van der Waals surface area contributed by atoms with E-state index < -0.39 is 24.2 Å². The molecular formula is C24H28FNO4. The third-order valence-corrected chi connectivity index (χ3v) is 4.26. The van der Waals surface area contributed by atoms with Crippen LogP contribution in [0, 0.1) is 12.3 Å². The standard InChI is InChI=1S/C16H17FO4.C8H11N/c1-3-5-10-13(17)14(4-2)21-16(20)12-9-7-6-8-11(12)15(18)19;1-7(9)8-5-3-2-4-6-8/h2,6-9,13-14H,3,5,10H2,1H3,(H,18,19);2-7H,9H2,1H3/t13-,14-;7-/m00/s1. The Morgan fingerprint density at radius 3 is 2.17 bits per heavy atom. The van der Waals surface area contributed by atoms with Crippen LogP contribution >= 0.6 is 0 Å². The molecule has 160 valence electrons. The van der Waals surface area contributed by atoms with Gasteiger partial charge in [-0.1, -0.05) is 68.2 Å². The molecule has 0 saturated heterocycles. The summed E-state index contributed by atoms with van der Waals surface area (Å²) in [4.78, 5) is 23.0. The third kappa shape index (κ3) is 8.06. The molecule has 0 saturated carbocycles. The first-order valence-electron chi connectivity index (χ1n) is 9.75. The molecule has 6 heteroatoms. The summed E-state index contributed by atoms with van der Waals surface area (Å²) in [5, 5.41) is 9.01. The van der Waals surface area contributed by atoms with Crippen molar-refractivity contribution in [3.63, 3.8) is 0 Å². The van der Waals surface area contributed by atoms with Crippen LogP contribution in [-0.4, -0.2) is 29.3 Å². The lowest BCUT2D eigenvalue weighted by Crippen LogP contribution is -2.27. The summed E-state index contributed by atoms with van der Waals surface area (Å²) in [7, 11) is 0. The maximum atomic E-state index is 13.9. The van der Waals surface area contributed by atoms with Gasteiger partial charge in [0.2, 0.25) is 0 Å². The van der Waals surface area contributed by atoms with Crippen LogP contribution in [0.4, 0.5) is 4.39 Å². The summed E-state index contributed by atoms with van der Waals surface area (Å²) >= 11 is 0. The highest BCUT2D eigenvalue weighted by Gasteiger charge is 2.25. The van der Waals surface area contributed by atoms with Crippen molar-refractivity contribution in [2.24, 2.45) is 5.73 Å². The fourth-order valence-electron chi connectivity index (χ4n) is 2.55. The van der Waals surface area contributed by atoms with Gasteiger partial charge in [-0.25, -0.2) is 14.0 Å². The molecule has 0 heterocycles. The Kier molecular flexibility index (Phi) is 10.9. The molecular weight excluding hydrogens is 385 g/mol. The molecule has 0 aliphatic heterocycles. The number of nitrogens with two attached hydrogens (primary N) is 1. The molecule has 30 heavy (non-hydrogen) atoms. The van der Waals surface area contributed by atoms with E-state index >= 15 is 0 Å². The fraction of sp³-hybridized carbons (Fsp3) is 0.333. The highest BCUT2D eigenvalue weighted by atomic mass is 19.1. The zero-order valence-corrected chi connectivity index (χ0v) is 17.3. The van der Waals surface area contributed by atoms with E-state index in [1.165, 1.54) is 29.8 Å². The molecule has 3 N–H and O–H groups in total. The molecule has 0 radical (unpaired) electrons. The summed E-state index contributed by atoms with van der Waals surface area (Å²) in [5.74, 6) is -0.102. The molecule has 0 aliphatic carbocycles. The third-order valence-electron chi connectivity index (χ3n) is 4.26. The Morgan fingerprint density at radius 1 is 1.13 bits per heavy atom. The van der Waals surface area contributed by atoms with Crippen molar-refractivity contribution in [2.45, 2.75) is 51.4 Å². The number of benzene rings is 2. The van der Waals surface area contributed by atoms with E-state index in [9.17, 15) is 14.0 Å². The van der Waals surface area contributed by atoms with Crippen LogP contribution in [0.5, 0.6) is 0 Å². The predicted octanol–water partition coefficient (Wildman–Crippen LogP) is 4.78. The van der Waals surface area contributed by atoms with Crippen LogP contribution in [0.2, 0.25) is 0 Å². The van der Waals surface area contributed by atoms with Gasteiger partial charge in [-0.2, -0.15) is 0 Å². The number of carbonyl (C=O) groups is 2. The van der Waals surface area contributed by atoms with E-state index in [0.717, 1.165) is 6.42 Å². The second kappa shape index (κ2) is 13.1. The minimum Gasteiger partial charge on any atom is -0.478 e. The maximum Gasteiger partial charge on any atom is 0.340 e.